The molecule has 1 aliphatic rings. The highest BCUT2D eigenvalue weighted by atomic mass is 35.5. The van der Waals surface area contributed by atoms with Crippen LogP contribution in [-0.2, 0) is 0 Å². The Balaban J connectivity index is 2.26. The Morgan fingerprint density at radius 1 is 1.40 bits per heavy atom. The molecule has 112 valence electrons. The number of nitrogens with two attached hydrogens (primary N) is 1. The summed E-state index contributed by atoms with van der Waals surface area (Å²) in [5, 5.41) is 2.40. The summed E-state index contributed by atoms with van der Waals surface area (Å²) >= 11 is 10.1. The lowest BCUT2D eigenvalue weighted by Crippen LogP contribution is -2.40. The van der Waals surface area contributed by atoms with Crippen LogP contribution in [0.15, 0.2) is 18.2 Å². The minimum absolute atomic E-state index is 0.0381. The van der Waals surface area contributed by atoms with Crippen molar-refractivity contribution >= 4 is 35.1 Å². The quantitative estimate of drug-likeness (QED) is 0.653. The van der Waals surface area contributed by atoms with Crippen LogP contribution < -0.4 is 16.0 Å². The van der Waals surface area contributed by atoms with Gasteiger partial charge in [0.15, 0.2) is 0 Å². The topological polar surface area (TPSA) is 47.3 Å². The molecule has 1 aromatic rings. The molecule has 0 bridgehead atoms. The van der Waals surface area contributed by atoms with Gasteiger partial charge in [0, 0.05) is 32.1 Å². The van der Waals surface area contributed by atoms with E-state index in [4.69, 9.17) is 22.2 Å². The number of thioether (sulfide) groups is 2. The maximum atomic E-state index is 6.13. The molecular formula is C14H21ClN2OS2. The molecule has 6 heteroatoms. The molecule has 0 aromatic heterocycles. The first-order chi connectivity index (χ1) is 9.56. The van der Waals surface area contributed by atoms with E-state index in [0.29, 0.717) is 20.8 Å². The third-order valence-electron chi connectivity index (χ3n) is 3.65. The van der Waals surface area contributed by atoms with Crippen molar-refractivity contribution in [2.24, 2.45) is 5.84 Å². The summed E-state index contributed by atoms with van der Waals surface area (Å²) in [6, 6.07) is 5.72. The second kappa shape index (κ2) is 7.27. The zero-order chi connectivity index (χ0) is 14.7. The van der Waals surface area contributed by atoms with Gasteiger partial charge >= 0.3 is 0 Å². The fraction of sp³-hybridized carbons (Fsp3) is 0.571. The van der Waals surface area contributed by atoms with Crippen molar-refractivity contribution in [3.8, 4) is 5.75 Å². The van der Waals surface area contributed by atoms with Crippen molar-refractivity contribution in [2.45, 2.75) is 35.6 Å². The lowest BCUT2D eigenvalue weighted by Gasteiger charge is -2.36. The Labute approximate surface area is 134 Å². The molecule has 1 aliphatic heterocycles. The fourth-order valence-corrected chi connectivity index (χ4v) is 5.60. The highest BCUT2D eigenvalue weighted by Gasteiger charge is 2.33. The van der Waals surface area contributed by atoms with E-state index >= 15 is 0 Å². The number of nitrogens with one attached hydrogen (secondary N) is 1. The molecule has 2 rings (SSSR count). The second-order valence-electron chi connectivity index (χ2n) is 4.95. The molecule has 20 heavy (non-hydrogen) atoms. The van der Waals surface area contributed by atoms with Gasteiger partial charge in [-0.3, -0.25) is 11.3 Å². The number of halogens is 1. The van der Waals surface area contributed by atoms with Crippen LogP contribution in [0.2, 0.25) is 5.02 Å². The number of ether oxygens (including phenoxy) is 1. The lowest BCUT2D eigenvalue weighted by molar-refractivity contribution is 0.399. The van der Waals surface area contributed by atoms with E-state index in [0.717, 1.165) is 17.1 Å². The molecular weight excluding hydrogens is 312 g/mol. The third kappa shape index (κ3) is 3.57. The SMILES string of the molecule is COc1ccc(Cl)cc1C(NN)C1CSC(C)C(C)S1. The van der Waals surface area contributed by atoms with E-state index in [-0.39, 0.29) is 6.04 Å². The molecule has 1 saturated heterocycles. The largest absolute Gasteiger partial charge is 0.496 e. The molecule has 0 radical (unpaired) electrons. The first-order valence-corrected chi connectivity index (χ1v) is 9.00. The maximum Gasteiger partial charge on any atom is 0.123 e. The second-order valence-corrected chi connectivity index (χ2v) is 8.42. The minimum Gasteiger partial charge on any atom is -0.496 e. The van der Waals surface area contributed by atoms with E-state index in [1.807, 2.05) is 41.7 Å². The van der Waals surface area contributed by atoms with E-state index in [9.17, 15) is 0 Å². The van der Waals surface area contributed by atoms with Gasteiger partial charge in [-0.1, -0.05) is 25.4 Å². The van der Waals surface area contributed by atoms with Crippen molar-refractivity contribution in [3.63, 3.8) is 0 Å². The van der Waals surface area contributed by atoms with Crippen molar-refractivity contribution in [3.05, 3.63) is 28.8 Å². The summed E-state index contributed by atoms with van der Waals surface area (Å²) in [6.07, 6.45) is 0. The van der Waals surface area contributed by atoms with Crippen LogP contribution in [0.4, 0.5) is 0 Å². The van der Waals surface area contributed by atoms with Crippen LogP contribution in [0.1, 0.15) is 25.5 Å². The zero-order valence-corrected chi connectivity index (χ0v) is 14.3. The molecule has 0 amide bonds. The molecule has 3 N–H and O–H groups in total. The normalized spacial score (nSPS) is 28.1. The number of hydrogen-bond acceptors (Lipinski definition) is 5. The molecule has 0 aliphatic carbocycles. The van der Waals surface area contributed by atoms with E-state index in [1.165, 1.54) is 0 Å². The summed E-state index contributed by atoms with van der Waals surface area (Å²) in [5.41, 5.74) is 3.98. The van der Waals surface area contributed by atoms with Crippen LogP contribution in [-0.4, -0.2) is 28.6 Å². The van der Waals surface area contributed by atoms with Crippen molar-refractivity contribution in [1.82, 2.24) is 5.43 Å². The van der Waals surface area contributed by atoms with Gasteiger partial charge in [-0.2, -0.15) is 23.5 Å². The van der Waals surface area contributed by atoms with Crippen molar-refractivity contribution < 1.29 is 4.74 Å². The maximum absolute atomic E-state index is 6.13. The highest BCUT2D eigenvalue weighted by Crippen LogP contribution is 2.42. The molecule has 3 nitrogen and oxygen atoms in total. The van der Waals surface area contributed by atoms with Crippen molar-refractivity contribution in [1.29, 1.82) is 0 Å². The van der Waals surface area contributed by atoms with E-state index in [1.54, 1.807) is 7.11 Å². The molecule has 0 saturated carbocycles. The fourth-order valence-electron chi connectivity index (χ4n) is 2.33. The van der Waals surface area contributed by atoms with Gasteiger partial charge in [-0.25, -0.2) is 0 Å². The predicted octanol–water partition coefficient (Wildman–Crippen LogP) is 3.48. The van der Waals surface area contributed by atoms with E-state index in [2.05, 4.69) is 19.3 Å². The number of hydrazine groups is 1. The third-order valence-corrected chi connectivity index (χ3v) is 7.38. The Kier molecular flexibility index (Phi) is 5.93. The van der Waals surface area contributed by atoms with Crippen LogP contribution in [0.3, 0.4) is 0 Å². The Morgan fingerprint density at radius 3 is 2.75 bits per heavy atom. The summed E-state index contributed by atoms with van der Waals surface area (Å²) < 4.78 is 5.45. The summed E-state index contributed by atoms with van der Waals surface area (Å²) in [4.78, 5) is 0. The van der Waals surface area contributed by atoms with Crippen LogP contribution in [0, 0.1) is 0 Å². The Bertz CT molecular complexity index is 461. The number of benzene rings is 1. The monoisotopic (exact) mass is 332 g/mol. The zero-order valence-electron chi connectivity index (χ0n) is 11.9. The average Bonchev–Trinajstić information content (AvgIpc) is 2.44. The number of rotatable bonds is 4. The predicted molar refractivity (Wildman–Crippen MR) is 90.8 cm³/mol. The van der Waals surface area contributed by atoms with Gasteiger partial charge in [0.25, 0.3) is 0 Å². The minimum atomic E-state index is 0.0381. The molecule has 1 fully saturated rings. The first kappa shape index (κ1) is 16.3. The molecule has 4 unspecified atom stereocenters. The molecule has 0 spiro atoms. The van der Waals surface area contributed by atoms with E-state index < -0.39 is 0 Å². The Morgan fingerprint density at radius 2 is 2.15 bits per heavy atom. The number of methoxy groups -OCH3 is 1. The van der Waals surface area contributed by atoms with Gasteiger partial charge < -0.3 is 4.74 Å². The highest BCUT2D eigenvalue weighted by molar-refractivity contribution is 8.07. The average molecular weight is 333 g/mol. The summed E-state index contributed by atoms with van der Waals surface area (Å²) in [5.74, 6) is 7.72. The lowest BCUT2D eigenvalue weighted by atomic mass is 10.0. The molecule has 1 heterocycles. The smallest absolute Gasteiger partial charge is 0.123 e. The van der Waals surface area contributed by atoms with Gasteiger partial charge in [0.2, 0.25) is 0 Å². The van der Waals surface area contributed by atoms with Gasteiger partial charge in [0.1, 0.15) is 5.75 Å². The van der Waals surface area contributed by atoms with Crippen LogP contribution in [0.5, 0.6) is 5.75 Å². The molecule has 1 aromatic carbocycles. The first-order valence-electron chi connectivity index (χ1n) is 6.63. The Hall–Kier alpha value is -0.0700. The van der Waals surface area contributed by atoms with Crippen LogP contribution >= 0.6 is 35.1 Å². The summed E-state index contributed by atoms with van der Waals surface area (Å²) in [7, 11) is 1.67. The van der Waals surface area contributed by atoms with Crippen LogP contribution in [0.25, 0.3) is 0 Å². The van der Waals surface area contributed by atoms with Crippen molar-refractivity contribution in [2.75, 3.05) is 12.9 Å². The van der Waals surface area contributed by atoms with Gasteiger partial charge in [-0.05, 0) is 18.2 Å². The number of hydrogen-bond donors (Lipinski definition) is 2. The standard InChI is InChI=1S/C14H21ClN2OS2/c1-8-9(2)20-13(7-19-8)14(17-16)11-6-10(15)4-5-12(11)18-3/h4-6,8-9,13-14,17H,7,16H2,1-3H3. The van der Waals surface area contributed by atoms with Gasteiger partial charge in [-0.15, -0.1) is 0 Å². The molecule has 4 atom stereocenters. The van der Waals surface area contributed by atoms with Gasteiger partial charge in [0.05, 0.1) is 13.2 Å². The summed E-state index contributed by atoms with van der Waals surface area (Å²) in [6.45, 7) is 4.56.